The van der Waals surface area contributed by atoms with E-state index < -0.39 is 5.97 Å². The Morgan fingerprint density at radius 2 is 1.53 bits per heavy atom. The van der Waals surface area contributed by atoms with Crippen molar-refractivity contribution in [2.24, 2.45) is 17.8 Å². The van der Waals surface area contributed by atoms with E-state index >= 15 is 0 Å². The first kappa shape index (κ1) is 19.7. The zero-order valence-corrected chi connectivity index (χ0v) is 17.4. The molecular weight excluding hydrogens is 380 g/mol. The number of hydrogen-bond acceptors (Lipinski definition) is 3. The highest BCUT2D eigenvalue weighted by Crippen LogP contribution is 2.55. The lowest BCUT2D eigenvalue weighted by atomic mass is 9.53. The van der Waals surface area contributed by atoms with Gasteiger partial charge in [0, 0.05) is 11.6 Å². The van der Waals surface area contributed by atoms with Crippen molar-refractivity contribution in [2.45, 2.75) is 81.9 Å². The quantitative estimate of drug-likeness (QED) is 0.671. The summed E-state index contributed by atoms with van der Waals surface area (Å²) >= 11 is 0. The van der Waals surface area contributed by atoms with Crippen molar-refractivity contribution in [1.82, 2.24) is 10.6 Å². The van der Waals surface area contributed by atoms with E-state index in [1.165, 1.54) is 19.3 Å². The number of ether oxygens (including phenoxy) is 1. The first-order chi connectivity index (χ1) is 14.5. The lowest BCUT2D eigenvalue weighted by Crippen LogP contribution is -2.62. The predicted molar refractivity (Wildman–Crippen MR) is 113 cm³/mol. The van der Waals surface area contributed by atoms with Crippen LogP contribution in [0.4, 0.5) is 4.79 Å². The summed E-state index contributed by atoms with van der Waals surface area (Å²) in [6.45, 7) is 0. The number of hydrogen-bond donors (Lipinski definition) is 3. The summed E-state index contributed by atoms with van der Waals surface area (Å²) < 4.78 is 5.98. The van der Waals surface area contributed by atoms with Crippen molar-refractivity contribution < 1.29 is 19.4 Å². The fraction of sp³-hybridized carbons (Fsp3) is 0.667. The largest absolute Gasteiger partial charge is 0.490 e. The molecule has 1 aromatic rings. The van der Waals surface area contributed by atoms with Gasteiger partial charge in [-0.05, 0) is 94.1 Å². The maximum absolute atomic E-state index is 12.8. The highest BCUT2D eigenvalue weighted by molar-refractivity contribution is 5.90. The molecule has 6 nitrogen and oxygen atoms in total. The van der Waals surface area contributed by atoms with Crippen molar-refractivity contribution in [2.75, 3.05) is 0 Å². The fourth-order valence-electron chi connectivity index (χ4n) is 6.98. The van der Waals surface area contributed by atoms with Crippen LogP contribution in [0.25, 0.3) is 0 Å². The molecule has 0 unspecified atom stereocenters. The number of carboxylic acid groups (broad SMARTS) is 1. The smallest absolute Gasteiger partial charge is 0.339 e. The van der Waals surface area contributed by atoms with Gasteiger partial charge in [-0.25, -0.2) is 9.59 Å². The molecule has 162 valence electrons. The highest BCUT2D eigenvalue weighted by Gasteiger charge is 2.51. The second kappa shape index (κ2) is 7.78. The van der Waals surface area contributed by atoms with E-state index in [0.717, 1.165) is 62.7 Å². The van der Waals surface area contributed by atoms with Crippen LogP contribution in [0.3, 0.4) is 0 Å². The van der Waals surface area contributed by atoms with Crippen LogP contribution in [0.2, 0.25) is 0 Å². The van der Waals surface area contributed by atoms with Gasteiger partial charge in [0.15, 0.2) is 0 Å². The lowest BCUT2D eigenvalue weighted by Gasteiger charge is -2.56. The van der Waals surface area contributed by atoms with Gasteiger partial charge in [-0.1, -0.05) is 12.1 Å². The molecule has 0 spiro atoms. The summed E-state index contributed by atoms with van der Waals surface area (Å²) in [5, 5.41) is 15.9. The molecule has 0 aromatic heterocycles. The monoisotopic (exact) mass is 412 g/mol. The second-order valence-corrected chi connectivity index (χ2v) is 10.2. The van der Waals surface area contributed by atoms with Crippen molar-refractivity contribution in [3.8, 4) is 5.75 Å². The Labute approximate surface area is 177 Å². The fourth-order valence-corrected chi connectivity index (χ4v) is 6.98. The van der Waals surface area contributed by atoms with E-state index in [1.54, 1.807) is 24.3 Å². The maximum atomic E-state index is 12.8. The molecule has 6 heteroatoms. The zero-order chi connectivity index (χ0) is 20.7. The SMILES string of the molecule is O=C(NC1CCC(Oc2ccccc2C(=O)O)CC1)NC12CC3CC(CC(C3)C1)C2. The number of aromatic carboxylic acids is 1. The van der Waals surface area contributed by atoms with Crippen LogP contribution in [0, 0.1) is 17.8 Å². The van der Waals surface area contributed by atoms with Gasteiger partial charge in [0.2, 0.25) is 0 Å². The lowest BCUT2D eigenvalue weighted by molar-refractivity contribution is -0.0138. The number of amides is 2. The van der Waals surface area contributed by atoms with Crippen LogP contribution in [-0.2, 0) is 0 Å². The zero-order valence-electron chi connectivity index (χ0n) is 17.4. The molecule has 5 fully saturated rings. The summed E-state index contributed by atoms with van der Waals surface area (Å²) in [7, 11) is 0. The summed E-state index contributed by atoms with van der Waals surface area (Å²) in [4.78, 5) is 24.1. The molecule has 3 N–H and O–H groups in total. The number of rotatable bonds is 5. The topological polar surface area (TPSA) is 87.7 Å². The first-order valence-electron chi connectivity index (χ1n) is 11.6. The van der Waals surface area contributed by atoms with Gasteiger partial charge in [0.05, 0.1) is 6.10 Å². The number of urea groups is 1. The Morgan fingerprint density at radius 3 is 2.13 bits per heavy atom. The third-order valence-corrected chi connectivity index (χ3v) is 7.84. The van der Waals surface area contributed by atoms with Crippen LogP contribution in [-0.4, -0.2) is 34.8 Å². The maximum Gasteiger partial charge on any atom is 0.339 e. The molecule has 5 aliphatic carbocycles. The van der Waals surface area contributed by atoms with E-state index in [2.05, 4.69) is 10.6 Å². The molecule has 2 amide bonds. The Bertz CT molecular complexity index is 780. The predicted octanol–water partition coefficient (Wildman–Crippen LogP) is 4.34. The Hall–Kier alpha value is -2.24. The number of benzene rings is 1. The van der Waals surface area contributed by atoms with Crippen molar-refractivity contribution in [1.29, 1.82) is 0 Å². The van der Waals surface area contributed by atoms with Crippen molar-refractivity contribution in [3.05, 3.63) is 29.8 Å². The van der Waals surface area contributed by atoms with Gasteiger partial charge in [0.25, 0.3) is 0 Å². The minimum absolute atomic E-state index is 0.00228. The van der Waals surface area contributed by atoms with Crippen LogP contribution in [0.5, 0.6) is 5.75 Å². The number of nitrogens with one attached hydrogen (secondary N) is 2. The molecule has 0 aliphatic heterocycles. The Balaban J connectivity index is 1.11. The van der Waals surface area contributed by atoms with E-state index in [0.29, 0.717) is 5.75 Å². The average molecular weight is 413 g/mol. The third kappa shape index (κ3) is 4.01. The molecular formula is C24H32N2O4. The third-order valence-electron chi connectivity index (χ3n) is 7.84. The van der Waals surface area contributed by atoms with E-state index in [1.807, 2.05) is 0 Å². The van der Waals surface area contributed by atoms with Crippen LogP contribution >= 0.6 is 0 Å². The number of para-hydroxylation sites is 1. The van der Waals surface area contributed by atoms with Crippen molar-refractivity contribution in [3.63, 3.8) is 0 Å². The van der Waals surface area contributed by atoms with E-state index in [-0.39, 0.29) is 29.3 Å². The Kier molecular flexibility index (Phi) is 5.11. The highest BCUT2D eigenvalue weighted by atomic mass is 16.5. The molecule has 0 atom stereocenters. The molecule has 4 bridgehead atoms. The Morgan fingerprint density at radius 1 is 0.933 bits per heavy atom. The molecule has 0 heterocycles. The number of carboxylic acids is 1. The molecule has 30 heavy (non-hydrogen) atoms. The van der Waals surface area contributed by atoms with Crippen LogP contribution in [0.1, 0.15) is 74.6 Å². The molecule has 5 aliphatic rings. The van der Waals surface area contributed by atoms with Gasteiger partial charge in [-0.15, -0.1) is 0 Å². The molecule has 0 saturated heterocycles. The minimum atomic E-state index is -0.970. The van der Waals surface area contributed by atoms with Crippen LogP contribution < -0.4 is 15.4 Å². The average Bonchev–Trinajstić information content (AvgIpc) is 2.68. The summed E-state index contributed by atoms with van der Waals surface area (Å²) in [6.07, 6.45) is 10.9. The molecule has 5 saturated carbocycles. The second-order valence-electron chi connectivity index (χ2n) is 10.2. The standard InChI is InChI=1S/C24H32N2O4/c27-22(28)20-3-1-2-4-21(20)30-19-7-5-18(6-8-19)25-23(29)26-24-12-15-9-16(13-24)11-17(10-15)14-24/h1-4,15-19H,5-14H2,(H,27,28)(H2,25,26,29). The van der Waals surface area contributed by atoms with Gasteiger partial charge in [0.1, 0.15) is 11.3 Å². The van der Waals surface area contributed by atoms with Gasteiger partial charge < -0.3 is 20.5 Å². The van der Waals surface area contributed by atoms with Crippen molar-refractivity contribution >= 4 is 12.0 Å². The molecule has 0 radical (unpaired) electrons. The van der Waals surface area contributed by atoms with Crippen LogP contribution in [0.15, 0.2) is 24.3 Å². The number of carbonyl (C=O) groups is 2. The number of carbonyl (C=O) groups excluding carboxylic acids is 1. The molecule has 6 rings (SSSR count). The van der Waals surface area contributed by atoms with E-state index in [9.17, 15) is 14.7 Å². The summed E-state index contributed by atoms with van der Waals surface area (Å²) in [6, 6.07) is 6.95. The summed E-state index contributed by atoms with van der Waals surface area (Å²) in [5.41, 5.74) is 0.243. The summed E-state index contributed by atoms with van der Waals surface area (Å²) in [5.74, 6) is 1.91. The van der Waals surface area contributed by atoms with Gasteiger partial charge in [-0.2, -0.15) is 0 Å². The van der Waals surface area contributed by atoms with Gasteiger partial charge >= 0.3 is 12.0 Å². The van der Waals surface area contributed by atoms with E-state index in [4.69, 9.17) is 4.74 Å². The van der Waals surface area contributed by atoms with Gasteiger partial charge in [-0.3, -0.25) is 0 Å². The molecule has 1 aromatic carbocycles. The first-order valence-corrected chi connectivity index (χ1v) is 11.6. The normalized spacial score (nSPS) is 36.9. The minimum Gasteiger partial charge on any atom is -0.490 e.